The van der Waals surface area contributed by atoms with Crippen molar-refractivity contribution in [2.45, 2.75) is 26.3 Å². The van der Waals surface area contributed by atoms with Crippen molar-refractivity contribution in [3.63, 3.8) is 0 Å². The van der Waals surface area contributed by atoms with Crippen molar-refractivity contribution in [2.75, 3.05) is 6.61 Å². The highest BCUT2D eigenvalue weighted by atomic mass is 16.5. The van der Waals surface area contributed by atoms with Gasteiger partial charge in [-0.1, -0.05) is 37.3 Å². The van der Waals surface area contributed by atoms with E-state index in [1.54, 1.807) is 18.2 Å². The van der Waals surface area contributed by atoms with Crippen molar-refractivity contribution in [1.29, 1.82) is 0 Å². The van der Waals surface area contributed by atoms with Gasteiger partial charge < -0.3 is 15.2 Å². The van der Waals surface area contributed by atoms with Crippen LogP contribution < -0.4 is 5.32 Å². The molecule has 0 saturated carbocycles. The second-order valence-corrected chi connectivity index (χ2v) is 5.14. The SMILES string of the molecule is CC[C@H](C)NC(=O)COC(=O)c1ccc2ccccc2c1O. The van der Waals surface area contributed by atoms with Crippen LogP contribution in [0.4, 0.5) is 0 Å². The molecule has 22 heavy (non-hydrogen) atoms. The third-order valence-electron chi connectivity index (χ3n) is 3.47. The van der Waals surface area contributed by atoms with E-state index in [0.717, 1.165) is 11.8 Å². The zero-order valence-corrected chi connectivity index (χ0v) is 12.6. The molecule has 0 spiro atoms. The summed E-state index contributed by atoms with van der Waals surface area (Å²) in [6, 6.07) is 10.4. The van der Waals surface area contributed by atoms with Gasteiger partial charge in [-0.3, -0.25) is 4.79 Å². The molecule has 2 aromatic rings. The summed E-state index contributed by atoms with van der Waals surface area (Å²) in [5.41, 5.74) is 0.0510. The molecular weight excluding hydrogens is 282 g/mol. The molecule has 0 aliphatic heterocycles. The van der Waals surface area contributed by atoms with Crippen molar-refractivity contribution < 1.29 is 19.4 Å². The van der Waals surface area contributed by atoms with Crippen LogP contribution in [0.25, 0.3) is 10.8 Å². The lowest BCUT2D eigenvalue weighted by Crippen LogP contribution is -2.35. The average molecular weight is 301 g/mol. The maximum absolute atomic E-state index is 12.0. The van der Waals surface area contributed by atoms with Gasteiger partial charge in [0.15, 0.2) is 6.61 Å². The molecule has 0 heterocycles. The zero-order valence-electron chi connectivity index (χ0n) is 12.6. The Kier molecular flexibility index (Phi) is 4.99. The van der Waals surface area contributed by atoms with E-state index in [1.165, 1.54) is 6.07 Å². The lowest BCUT2D eigenvalue weighted by Gasteiger charge is -2.12. The standard InChI is InChI=1S/C17H19NO4/c1-3-11(2)18-15(19)10-22-17(21)14-9-8-12-6-4-5-7-13(12)16(14)20/h4-9,11,20H,3,10H2,1-2H3,(H,18,19)/t11-/m0/s1. The Bertz CT molecular complexity index is 696. The number of esters is 1. The van der Waals surface area contributed by atoms with Gasteiger partial charge in [-0.25, -0.2) is 4.79 Å². The molecule has 5 heteroatoms. The van der Waals surface area contributed by atoms with E-state index in [4.69, 9.17) is 4.74 Å². The van der Waals surface area contributed by atoms with Gasteiger partial charge in [0.05, 0.1) is 0 Å². The summed E-state index contributed by atoms with van der Waals surface area (Å²) >= 11 is 0. The number of phenols is 1. The summed E-state index contributed by atoms with van der Waals surface area (Å²) < 4.78 is 4.95. The molecule has 116 valence electrons. The third kappa shape index (κ3) is 3.55. The van der Waals surface area contributed by atoms with Crippen LogP contribution in [-0.4, -0.2) is 29.6 Å². The Labute approximate surface area is 128 Å². The number of ether oxygens (including phenoxy) is 1. The zero-order chi connectivity index (χ0) is 16.1. The highest BCUT2D eigenvalue weighted by Gasteiger charge is 2.16. The van der Waals surface area contributed by atoms with Gasteiger partial charge in [0, 0.05) is 11.4 Å². The van der Waals surface area contributed by atoms with Gasteiger partial charge in [0.25, 0.3) is 5.91 Å². The van der Waals surface area contributed by atoms with Gasteiger partial charge in [0.2, 0.25) is 0 Å². The molecule has 2 aromatic carbocycles. The van der Waals surface area contributed by atoms with Crippen LogP contribution >= 0.6 is 0 Å². The number of hydrogen-bond donors (Lipinski definition) is 2. The average Bonchev–Trinajstić information content (AvgIpc) is 2.53. The van der Waals surface area contributed by atoms with E-state index < -0.39 is 5.97 Å². The number of carbonyl (C=O) groups is 2. The number of amides is 1. The Morgan fingerprint density at radius 1 is 1.23 bits per heavy atom. The predicted octanol–water partition coefficient (Wildman–Crippen LogP) is 2.62. The molecule has 0 saturated heterocycles. The van der Waals surface area contributed by atoms with Gasteiger partial charge in [-0.15, -0.1) is 0 Å². The number of aromatic hydroxyl groups is 1. The smallest absolute Gasteiger partial charge is 0.342 e. The fourth-order valence-electron chi connectivity index (χ4n) is 2.05. The van der Waals surface area contributed by atoms with Gasteiger partial charge in [-0.2, -0.15) is 0 Å². The molecule has 0 fully saturated rings. The van der Waals surface area contributed by atoms with Crippen LogP contribution in [0.1, 0.15) is 30.6 Å². The minimum Gasteiger partial charge on any atom is -0.506 e. The summed E-state index contributed by atoms with van der Waals surface area (Å²) in [4.78, 5) is 23.6. The van der Waals surface area contributed by atoms with Crippen LogP contribution in [0.5, 0.6) is 5.75 Å². The van der Waals surface area contributed by atoms with Crippen molar-refractivity contribution in [1.82, 2.24) is 5.32 Å². The number of rotatable bonds is 5. The molecule has 0 bridgehead atoms. The molecular formula is C17H19NO4. The topological polar surface area (TPSA) is 75.6 Å². The normalized spacial score (nSPS) is 11.9. The fourth-order valence-corrected chi connectivity index (χ4v) is 2.05. The maximum atomic E-state index is 12.0. The Morgan fingerprint density at radius 2 is 1.95 bits per heavy atom. The van der Waals surface area contributed by atoms with Crippen LogP contribution in [0.3, 0.4) is 0 Å². The highest BCUT2D eigenvalue weighted by molar-refractivity contribution is 6.01. The van der Waals surface area contributed by atoms with E-state index >= 15 is 0 Å². The minimum absolute atomic E-state index is 0.0280. The molecule has 0 aliphatic rings. The second kappa shape index (κ2) is 6.93. The lowest BCUT2D eigenvalue weighted by molar-refractivity contribution is -0.124. The number of benzene rings is 2. The predicted molar refractivity (Wildman–Crippen MR) is 83.8 cm³/mol. The summed E-state index contributed by atoms with van der Waals surface area (Å²) in [6.07, 6.45) is 0.797. The first kappa shape index (κ1) is 15.8. The van der Waals surface area contributed by atoms with Crippen molar-refractivity contribution in [3.8, 4) is 5.75 Å². The minimum atomic E-state index is -0.720. The molecule has 0 aliphatic carbocycles. The Balaban J connectivity index is 2.07. The molecule has 1 amide bonds. The Hall–Kier alpha value is -2.56. The fraction of sp³-hybridized carbons (Fsp3) is 0.294. The first-order valence-electron chi connectivity index (χ1n) is 7.20. The summed E-state index contributed by atoms with van der Waals surface area (Å²) in [5.74, 6) is -1.21. The highest BCUT2D eigenvalue weighted by Crippen LogP contribution is 2.28. The monoisotopic (exact) mass is 301 g/mol. The van der Waals surface area contributed by atoms with Crippen LogP contribution in [0, 0.1) is 0 Å². The third-order valence-corrected chi connectivity index (χ3v) is 3.47. The Morgan fingerprint density at radius 3 is 2.68 bits per heavy atom. The van der Waals surface area contributed by atoms with E-state index in [0.29, 0.717) is 5.39 Å². The summed E-state index contributed by atoms with van der Waals surface area (Å²) in [7, 11) is 0. The number of phenolic OH excluding ortho intramolecular Hbond substituents is 1. The first-order valence-corrected chi connectivity index (χ1v) is 7.20. The van der Waals surface area contributed by atoms with Crippen LogP contribution in [0.2, 0.25) is 0 Å². The molecule has 2 rings (SSSR count). The molecule has 1 atom stereocenters. The molecule has 5 nitrogen and oxygen atoms in total. The number of hydrogen-bond acceptors (Lipinski definition) is 4. The first-order chi connectivity index (χ1) is 10.5. The number of nitrogens with one attached hydrogen (secondary N) is 1. The van der Waals surface area contributed by atoms with Crippen molar-refractivity contribution in [2.24, 2.45) is 0 Å². The quantitative estimate of drug-likeness (QED) is 0.832. The van der Waals surface area contributed by atoms with Gasteiger partial charge >= 0.3 is 5.97 Å². The number of fused-ring (bicyclic) bond motifs is 1. The lowest BCUT2D eigenvalue weighted by atomic mass is 10.1. The van der Waals surface area contributed by atoms with E-state index in [9.17, 15) is 14.7 Å². The van der Waals surface area contributed by atoms with Crippen LogP contribution in [-0.2, 0) is 9.53 Å². The summed E-state index contributed by atoms with van der Waals surface area (Å²) in [5, 5.41) is 14.3. The number of carbonyl (C=O) groups excluding carboxylic acids is 2. The van der Waals surface area contributed by atoms with Gasteiger partial charge in [0.1, 0.15) is 11.3 Å². The van der Waals surface area contributed by atoms with Crippen molar-refractivity contribution >= 4 is 22.6 Å². The van der Waals surface area contributed by atoms with E-state index in [2.05, 4.69) is 5.32 Å². The van der Waals surface area contributed by atoms with E-state index in [1.807, 2.05) is 26.0 Å². The molecule has 0 radical (unpaired) electrons. The molecule has 2 N–H and O–H groups in total. The molecule has 0 aromatic heterocycles. The summed E-state index contributed by atoms with van der Waals surface area (Å²) in [6.45, 7) is 3.45. The largest absolute Gasteiger partial charge is 0.506 e. The maximum Gasteiger partial charge on any atom is 0.342 e. The second-order valence-electron chi connectivity index (χ2n) is 5.14. The molecule has 0 unspecified atom stereocenters. The van der Waals surface area contributed by atoms with E-state index in [-0.39, 0.29) is 29.9 Å². The van der Waals surface area contributed by atoms with Gasteiger partial charge in [-0.05, 0) is 24.8 Å². The van der Waals surface area contributed by atoms with Crippen LogP contribution in [0.15, 0.2) is 36.4 Å². The van der Waals surface area contributed by atoms with Crippen molar-refractivity contribution in [3.05, 3.63) is 42.0 Å².